The van der Waals surface area contributed by atoms with Crippen molar-refractivity contribution in [2.24, 2.45) is 0 Å². The number of rotatable bonds is 7. The molecule has 0 radical (unpaired) electrons. The van der Waals surface area contributed by atoms with Gasteiger partial charge in [0, 0.05) is 16.9 Å². The normalized spacial score (nSPS) is 10.4. The number of amides is 2. The molecule has 7 nitrogen and oxygen atoms in total. The van der Waals surface area contributed by atoms with Crippen molar-refractivity contribution in [3.8, 4) is 0 Å². The van der Waals surface area contributed by atoms with E-state index in [1.807, 2.05) is 18.2 Å². The summed E-state index contributed by atoms with van der Waals surface area (Å²) in [5.74, 6) is -0.324. The first-order chi connectivity index (χ1) is 13.1. The SMILES string of the molecule is O=C(CSc1nnc(C(=O)Nc2ccc(Cl)cc2)s1)NCc1ccccn1. The molecule has 0 aliphatic heterocycles. The number of hydrogen-bond donors (Lipinski definition) is 2. The number of carbonyl (C=O) groups excluding carboxylic acids is 2. The average molecular weight is 420 g/mol. The van der Waals surface area contributed by atoms with Gasteiger partial charge in [0.25, 0.3) is 5.91 Å². The molecule has 0 atom stereocenters. The van der Waals surface area contributed by atoms with Gasteiger partial charge >= 0.3 is 0 Å². The van der Waals surface area contributed by atoms with Gasteiger partial charge in [-0.2, -0.15) is 0 Å². The van der Waals surface area contributed by atoms with Crippen LogP contribution in [-0.2, 0) is 11.3 Å². The molecule has 27 heavy (non-hydrogen) atoms. The molecule has 2 heterocycles. The van der Waals surface area contributed by atoms with E-state index in [0.29, 0.717) is 21.6 Å². The van der Waals surface area contributed by atoms with Gasteiger partial charge in [-0.3, -0.25) is 14.6 Å². The van der Waals surface area contributed by atoms with Crippen LogP contribution in [0.5, 0.6) is 0 Å². The van der Waals surface area contributed by atoms with E-state index in [2.05, 4.69) is 25.8 Å². The van der Waals surface area contributed by atoms with Crippen molar-refractivity contribution >= 4 is 52.2 Å². The maximum absolute atomic E-state index is 12.2. The lowest BCUT2D eigenvalue weighted by atomic mass is 10.3. The Morgan fingerprint density at radius 2 is 1.93 bits per heavy atom. The van der Waals surface area contributed by atoms with E-state index < -0.39 is 0 Å². The maximum atomic E-state index is 12.2. The zero-order chi connectivity index (χ0) is 19.1. The Morgan fingerprint density at radius 3 is 2.67 bits per heavy atom. The van der Waals surface area contributed by atoms with Gasteiger partial charge in [0.1, 0.15) is 0 Å². The highest BCUT2D eigenvalue weighted by molar-refractivity contribution is 8.01. The van der Waals surface area contributed by atoms with Crippen molar-refractivity contribution in [3.05, 3.63) is 64.4 Å². The molecule has 138 valence electrons. The third kappa shape index (κ3) is 6.02. The van der Waals surface area contributed by atoms with Crippen LogP contribution in [0.3, 0.4) is 0 Å². The maximum Gasteiger partial charge on any atom is 0.286 e. The van der Waals surface area contributed by atoms with Crippen molar-refractivity contribution in [2.75, 3.05) is 11.1 Å². The predicted molar refractivity (Wildman–Crippen MR) is 106 cm³/mol. The smallest absolute Gasteiger partial charge is 0.286 e. The quantitative estimate of drug-likeness (QED) is 0.570. The molecular weight excluding hydrogens is 406 g/mol. The van der Waals surface area contributed by atoms with Crippen LogP contribution in [-0.4, -0.2) is 32.7 Å². The van der Waals surface area contributed by atoms with Crippen LogP contribution in [0, 0.1) is 0 Å². The molecule has 0 aliphatic rings. The zero-order valence-electron chi connectivity index (χ0n) is 13.9. The number of hydrogen-bond acceptors (Lipinski definition) is 7. The van der Waals surface area contributed by atoms with E-state index in [0.717, 1.165) is 17.0 Å². The Labute approximate surface area is 168 Å². The number of pyridine rings is 1. The van der Waals surface area contributed by atoms with Gasteiger partial charge < -0.3 is 10.6 Å². The molecule has 2 amide bonds. The standard InChI is InChI=1S/C17H14ClN5O2S2/c18-11-4-6-12(7-5-11)21-15(25)16-22-23-17(27-16)26-10-14(24)20-9-13-3-1-2-8-19-13/h1-8H,9-10H2,(H,20,24)(H,21,25). The Morgan fingerprint density at radius 1 is 1.11 bits per heavy atom. The summed E-state index contributed by atoms with van der Waals surface area (Å²) >= 11 is 8.17. The van der Waals surface area contributed by atoms with E-state index in [1.165, 1.54) is 11.8 Å². The Bertz CT molecular complexity index is 919. The second kappa shape index (κ2) is 9.45. The summed E-state index contributed by atoms with van der Waals surface area (Å²) < 4.78 is 0.546. The first-order valence-electron chi connectivity index (χ1n) is 7.80. The van der Waals surface area contributed by atoms with Crippen LogP contribution in [0.25, 0.3) is 0 Å². The summed E-state index contributed by atoms with van der Waals surface area (Å²) in [6.45, 7) is 0.366. The van der Waals surface area contributed by atoms with E-state index in [9.17, 15) is 9.59 Å². The molecular formula is C17H14ClN5O2S2. The van der Waals surface area contributed by atoms with E-state index in [1.54, 1.807) is 30.5 Å². The lowest BCUT2D eigenvalue weighted by Gasteiger charge is -2.03. The van der Waals surface area contributed by atoms with E-state index in [4.69, 9.17) is 11.6 Å². The highest BCUT2D eigenvalue weighted by Crippen LogP contribution is 2.23. The zero-order valence-corrected chi connectivity index (χ0v) is 16.3. The number of benzene rings is 1. The Hall–Kier alpha value is -2.49. The summed E-state index contributed by atoms with van der Waals surface area (Å²) in [4.78, 5) is 28.2. The Balaban J connectivity index is 1.46. The molecule has 0 fully saturated rings. The molecule has 1 aromatic carbocycles. The van der Waals surface area contributed by atoms with Crippen LogP contribution in [0.15, 0.2) is 53.0 Å². The van der Waals surface area contributed by atoms with E-state index in [-0.39, 0.29) is 22.6 Å². The summed E-state index contributed by atoms with van der Waals surface area (Å²) in [5, 5.41) is 14.1. The molecule has 3 rings (SSSR count). The largest absolute Gasteiger partial charge is 0.350 e. The van der Waals surface area contributed by atoms with Crippen molar-refractivity contribution in [3.63, 3.8) is 0 Å². The minimum Gasteiger partial charge on any atom is -0.350 e. The van der Waals surface area contributed by atoms with Crippen molar-refractivity contribution in [1.29, 1.82) is 0 Å². The van der Waals surface area contributed by atoms with Gasteiger partial charge in [0.15, 0.2) is 4.34 Å². The van der Waals surface area contributed by atoms with Gasteiger partial charge in [0.05, 0.1) is 18.0 Å². The molecule has 0 saturated heterocycles. The number of nitrogens with one attached hydrogen (secondary N) is 2. The minimum atomic E-state index is -0.360. The number of carbonyl (C=O) groups is 2. The molecule has 0 saturated carbocycles. The molecule has 0 unspecified atom stereocenters. The van der Waals surface area contributed by atoms with Crippen molar-refractivity contribution in [1.82, 2.24) is 20.5 Å². The molecule has 3 aromatic rings. The third-order valence-corrected chi connectivity index (χ3v) is 5.53. The first kappa shape index (κ1) is 19.3. The van der Waals surface area contributed by atoms with Crippen LogP contribution >= 0.6 is 34.7 Å². The van der Waals surface area contributed by atoms with Crippen LogP contribution < -0.4 is 10.6 Å². The van der Waals surface area contributed by atoms with Crippen molar-refractivity contribution in [2.45, 2.75) is 10.9 Å². The Kier molecular flexibility index (Phi) is 6.74. The number of halogens is 1. The van der Waals surface area contributed by atoms with E-state index >= 15 is 0 Å². The highest BCUT2D eigenvalue weighted by Gasteiger charge is 2.14. The topological polar surface area (TPSA) is 96.9 Å². The summed E-state index contributed by atoms with van der Waals surface area (Å²) in [5.41, 5.74) is 1.40. The van der Waals surface area contributed by atoms with Gasteiger partial charge in [0.2, 0.25) is 10.9 Å². The van der Waals surface area contributed by atoms with Crippen LogP contribution in [0.2, 0.25) is 5.02 Å². The first-order valence-corrected chi connectivity index (χ1v) is 9.98. The third-order valence-electron chi connectivity index (χ3n) is 3.22. The van der Waals surface area contributed by atoms with Crippen molar-refractivity contribution < 1.29 is 9.59 Å². The predicted octanol–water partition coefficient (Wildman–Crippen LogP) is 3.25. The molecule has 2 N–H and O–H groups in total. The fourth-order valence-electron chi connectivity index (χ4n) is 1.95. The number of aromatic nitrogens is 3. The molecule has 10 heteroatoms. The molecule has 0 aliphatic carbocycles. The van der Waals surface area contributed by atoms with Gasteiger partial charge in [-0.05, 0) is 36.4 Å². The lowest BCUT2D eigenvalue weighted by Crippen LogP contribution is -2.24. The number of anilines is 1. The summed E-state index contributed by atoms with van der Waals surface area (Å²) in [6, 6.07) is 12.3. The summed E-state index contributed by atoms with van der Waals surface area (Å²) in [7, 11) is 0. The highest BCUT2D eigenvalue weighted by atomic mass is 35.5. The van der Waals surface area contributed by atoms with Gasteiger partial charge in [-0.1, -0.05) is 40.8 Å². The minimum absolute atomic E-state index is 0.145. The average Bonchev–Trinajstić information content (AvgIpc) is 3.16. The van der Waals surface area contributed by atoms with Gasteiger partial charge in [-0.15, -0.1) is 10.2 Å². The number of nitrogens with zero attached hydrogens (tertiary/aromatic N) is 3. The molecule has 2 aromatic heterocycles. The molecule has 0 bridgehead atoms. The molecule has 0 spiro atoms. The van der Waals surface area contributed by atoms with Gasteiger partial charge in [-0.25, -0.2) is 0 Å². The fraction of sp³-hybridized carbons (Fsp3) is 0.118. The lowest BCUT2D eigenvalue weighted by molar-refractivity contribution is -0.118. The van der Waals surface area contributed by atoms with Crippen LogP contribution in [0.1, 0.15) is 15.5 Å². The van der Waals surface area contributed by atoms with Crippen LogP contribution in [0.4, 0.5) is 5.69 Å². The number of thioether (sulfide) groups is 1. The second-order valence-electron chi connectivity index (χ2n) is 5.22. The second-order valence-corrected chi connectivity index (χ2v) is 7.86. The fourth-order valence-corrected chi connectivity index (χ4v) is 3.65. The summed E-state index contributed by atoms with van der Waals surface area (Å²) in [6.07, 6.45) is 1.67. The monoisotopic (exact) mass is 419 g/mol.